The second-order valence-electron chi connectivity index (χ2n) is 11.4. The minimum absolute atomic E-state index is 0.0346. The molecule has 10 nitrogen and oxygen atoms in total. The molecule has 244 valence electrons. The quantitative estimate of drug-likeness (QED) is 0.211. The van der Waals surface area contributed by atoms with Gasteiger partial charge in [0.15, 0.2) is 0 Å². The van der Waals surface area contributed by atoms with Gasteiger partial charge in [0.25, 0.3) is 12.0 Å². The molecule has 1 aromatic carbocycles. The Bertz CT molecular complexity index is 2240. The molecular formula is C34H28ClF2N7O3S. The number of likely N-dealkylation sites (N-methyl/N-ethyl adjacent to an activating group) is 1. The van der Waals surface area contributed by atoms with Crippen molar-refractivity contribution < 1.29 is 18.7 Å². The van der Waals surface area contributed by atoms with Crippen LogP contribution < -0.4 is 10.5 Å². The number of alkyl halides is 2. The maximum absolute atomic E-state index is 13.9. The number of aromatic nitrogens is 4. The molecule has 5 aromatic rings. The van der Waals surface area contributed by atoms with E-state index in [4.69, 9.17) is 11.6 Å². The predicted octanol–water partition coefficient (Wildman–Crippen LogP) is 5.82. The van der Waals surface area contributed by atoms with Crippen LogP contribution in [0, 0.1) is 30.1 Å². The maximum atomic E-state index is 13.9. The molecule has 0 saturated carbocycles. The molecule has 48 heavy (non-hydrogen) atoms. The lowest BCUT2D eigenvalue weighted by atomic mass is 10.00. The molecular weight excluding hydrogens is 660 g/mol. The Hall–Kier alpha value is -4.95. The fourth-order valence-corrected chi connectivity index (χ4v) is 7.31. The van der Waals surface area contributed by atoms with Crippen molar-refractivity contribution in [1.29, 1.82) is 5.26 Å². The molecule has 1 N–H and O–H groups in total. The molecule has 14 heteroatoms. The molecule has 1 fully saturated rings. The first-order valence-corrected chi connectivity index (χ1v) is 16.2. The molecule has 0 amide bonds. The number of rotatable bonds is 7. The van der Waals surface area contributed by atoms with E-state index in [9.17, 15) is 28.7 Å². The maximum Gasteiger partial charge on any atom is 0.338 e. The Balaban J connectivity index is 1.36. The zero-order valence-electron chi connectivity index (χ0n) is 25.9. The highest BCUT2D eigenvalue weighted by Crippen LogP contribution is 2.36. The summed E-state index contributed by atoms with van der Waals surface area (Å²) >= 11 is 7.63. The highest BCUT2D eigenvalue weighted by molar-refractivity contribution is 7.18. The highest BCUT2D eigenvalue weighted by Gasteiger charge is 2.28. The van der Waals surface area contributed by atoms with E-state index in [2.05, 4.69) is 32.9 Å². The van der Waals surface area contributed by atoms with Gasteiger partial charge in [0.05, 0.1) is 46.0 Å². The van der Waals surface area contributed by atoms with Gasteiger partial charge in [-0.1, -0.05) is 23.4 Å². The third kappa shape index (κ3) is 6.32. The number of nitriles is 1. The Morgan fingerprint density at radius 1 is 1.27 bits per heavy atom. The summed E-state index contributed by atoms with van der Waals surface area (Å²) in [5.41, 5.74) is 2.39. The van der Waals surface area contributed by atoms with Crippen LogP contribution in [-0.2, 0) is 6.54 Å². The summed E-state index contributed by atoms with van der Waals surface area (Å²) in [6.45, 7) is 2.28. The number of pyridine rings is 2. The van der Waals surface area contributed by atoms with Crippen LogP contribution in [-0.4, -0.2) is 74.6 Å². The zero-order valence-corrected chi connectivity index (χ0v) is 27.4. The number of piperidine rings is 1. The Kier molecular flexibility index (Phi) is 9.38. The first-order chi connectivity index (χ1) is 23.1. The molecule has 1 saturated heterocycles. The topological polar surface area (TPSA) is 128 Å². The monoisotopic (exact) mass is 687 g/mol. The number of hydrogen-bond donors (Lipinski definition) is 1. The van der Waals surface area contributed by atoms with Crippen LogP contribution in [0.5, 0.6) is 0 Å². The van der Waals surface area contributed by atoms with Crippen LogP contribution >= 0.6 is 22.9 Å². The zero-order chi connectivity index (χ0) is 34.1. The summed E-state index contributed by atoms with van der Waals surface area (Å²) in [6.07, 6.45) is 2.02. The molecule has 1 aliphatic heterocycles. The number of thiophene rings is 1. The van der Waals surface area contributed by atoms with E-state index in [-0.39, 0.29) is 41.2 Å². The van der Waals surface area contributed by atoms with Crippen LogP contribution in [0.1, 0.15) is 40.2 Å². The highest BCUT2D eigenvalue weighted by atomic mass is 35.5. The summed E-state index contributed by atoms with van der Waals surface area (Å²) in [5.74, 6) is 5.80. The van der Waals surface area contributed by atoms with Crippen LogP contribution in [0.25, 0.3) is 32.2 Å². The lowest BCUT2D eigenvalue weighted by Gasteiger charge is -2.38. The second kappa shape index (κ2) is 13.6. The van der Waals surface area contributed by atoms with Gasteiger partial charge in [0.1, 0.15) is 23.3 Å². The SMILES string of the molecule is Cc1nc2cnc(N(C)C3CCCN(CC(F)F)C3)c(C#N)c2c(=O)n1CC#Cc1ccc(Cl)cc1-c1ccnc2c(C(=O)O)csc12. The number of aromatic carboxylic acids is 1. The van der Waals surface area contributed by atoms with Gasteiger partial charge < -0.3 is 10.0 Å². The first-order valence-electron chi connectivity index (χ1n) is 15.0. The third-order valence-corrected chi connectivity index (χ3v) is 9.70. The van der Waals surface area contributed by atoms with Crippen LogP contribution in [0.3, 0.4) is 0 Å². The smallest absolute Gasteiger partial charge is 0.338 e. The molecule has 6 rings (SSSR count). The fraction of sp³-hybridized carbons (Fsp3) is 0.294. The standard InChI is InChI=1S/C34H28ClF2N7O3S/c1-19-41-27-15-40-32(42(2)22-6-4-11-43(16-22)17-28(36)37)25(14-38)29(27)33(45)44(19)12-3-5-20-7-8-21(35)13-24(20)23-9-10-39-30-26(34(46)47)18-48-31(23)30/h7-10,13,15,18,22,28H,4,6,11-12,16-17H2,1-2H3,(H,46,47). The Morgan fingerprint density at radius 3 is 2.83 bits per heavy atom. The number of carbonyl (C=O) groups is 1. The molecule has 0 aliphatic carbocycles. The van der Waals surface area contributed by atoms with Gasteiger partial charge in [-0.25, -0.2) is 23.5 Å². The van der Waals surface area contributed by atoms with E-state index in [0.29, 0.717) is 51.1 Å². The van der Waals surface area contributed by atoms with Gasteiger partial charge >= 0.3 is 5.97 Å². The van der Waals surface area contributed by atoms with E-state index in [1.807, 2.05) is 0 Å². The molecule has 0 spiro atoms. The molecule has 0 bridgehead atoms. The molecule has 5 heterocycles. The largest absolute Gasteiger partial charge is 0.478 e. The summed E-state index contributed by atoms with van der Waals surface area (Å²) < 4.78 is 28.2. The van der Waals surface area contributed by atoms with E-state index < -0.39 is 18.0 Å². The number of likely N-dealkylation sites (tertiary alicyclic amines) is 1. The fourth-order valence-electron chi connectivity index (χ4n) is 6.11. The summed E-state index contributed by atoms with van der Waals surface area (Å²) in [6, 6.07) is 8.96. The Morgan fingerprint density at radius 2 is 2.08 bits per heavy atom. The number of aryl methyl sites for hydroxylation is 1. The van der Waals surface area contributed by atoms with Crippen molar-refractivity contribution in [2.24, 2.45) is 0 Å². The van der Waals surface area contributed by atoms with Crippen molar-refractivity contribution in [1.82, 2.24) is 24.4 Å². The number of carboxylic acid groups (broad SMARTS) is 1. The van der Waals surface area contributed by atoms with Crippen molar-refractivity contribution in [3.63, 3.8) is 0 Å². The minimum atomic E-state index is -2.44. The number of fused-ring (bicyclic) bond motifs is 2. The van der Waals surface area contributed by atoms with Crippen LogP contribution in [0.2, 0.25) is 5.02 Å². The predicted molar refractivity (Wildman–Crippen MR) is 181 cm³/mol. The molecule has 1 atom stereocenters. The number of carboxylic acids is 1. The summed E-state index contributed by atoms with van der Waals surface area (Å²) in [7, 11) is 1.76. The van der Waals surface area contributed by atoms with Crippen LogP contribution in [0.4, 0.5) is 14.6 Å². The molecule has 1 unspecified atom stereocenters. The molecule has 4 aromatic heterocycles. The first kappa shape index (κ1) is 33.0. The number of halogens is 3. The minimum Gasteiger partial charge on any atom is -0.478 e. The average molecular weight is 688 g/mol. The third-order valence-electron chi connectivity index (χ3n) is 8.46. The summed E-state index contributed by atoms with van der Waals surface area (Å²) in [5, 5.41) is 21.9. The van der Waals surface area contributed by atoms with Gasteiger partial charge in [-0.2, -0.15) is 5.26 Å². The van der Waals surface area contributed by atoms with Gasteiger partial charge in [-0.3, -0.25) is 19.2 Å². The van der Waals surface area contributed by atoms with Crippen molar-refractivity contribution >= 4 is 55.8 Å². The average Bonchev–Trinajstić information content (AvgIpc) is 3.51. The lowest BCUT2D eigenvalue weighted by Crippen LogP contribution is -2.48. The number of anilines is 1. The molecule has 1 aliphatic rings. The number of benzene rings is 1. The van der Waals surface area contributed by atoms with E-state index in [1.54, 1.807) is 59.6 Å². The van der Waals surface area contributed by atoms with E-state index >= 15 is 0 Å². The van der Waals surface area contributed by atoms with Crippen LogP contribution in [0.15, 0.2) is 46.8 Å². The molecule has 0 radical (unpaired) electrons. The van der Waals surface area contributed by atoms with Crippen molar-refractivity contribution in [2.75, 3.05) is 31.6 Å². The van der Waals surface area contributed by atoms with Gasteiger partial charge in [0.2, 0.25) is 0 Å². The number of hydrogen-bond acceptors (Lipinski definition) is 9. The number of nitrogens with zero attached hydrogens (tertiary/aromatic N) is 7. The van der Waals surface area contributed by atoms with Gasteiger partial charge in [0, 0.05) is 52.9 Å². The normalized spacial score (nSPS) is 15.0. The van der Waals surface area contributed by atoms with Gasteiger partial charge in [-0.05, 0) is 50.6 Å². The van der Waals surface area contributed by atoms with E-state index in [0.717, 1.165) is 18.4 Å². The lowest BCUT2D eigenvalue weighted by molar-refractivity contribution is 0.0698. The van der Waals surface area contributed by atoms with Crippen molar-refractivity contribution in [3.8, 4) is 29.0 Å². The van der Waals surface area contributed by atoms with Gasteiger partial charge in [-0.15, -0.1) is 11.3 Å². The van der Waals surface area contributed by atoms with Crippen molar-refractivity contribution in [2.45, 2.75) is 38.8 Å². The summed E-state index contributed by atoms with van der Waals surface area (Å²) in [4.78, 5) is 42.4. The van der Waals surface area contributed by atoms with Crippen molar-refractivity contribution in [3.05, 3.63) is 79.9 Å². The Labute approximate surface area is 282 Å². The van der Waals surface area contributed by atoms with E-state index in [1.165, 1.54) is 22.1 Å². The second-order valence-corrected chi connectivity index (χ2v) is 12.7.